The quantitative estimate of drug-likeness (QED) is 0.567. The molecule has 16 heavy (non-hydrogen) atoms. The fourth-order valence-electron chi connectivity index (χ4n) is 1.09. The Bertz CT molecular complexity index is 419. The largest absolute Gasteiger partial charge is 0.456 e. The molecule has 0 radical (unpaired) electrons. The van der Waals surface area contributed by atoms with Crippen molar-refractivity contribution in [3.05, 3.63) is 29.6 Å². The molecule has 1 rings (SSSR count). The Morgan fingerprint density at radius 3 is 2.44 bits per heavy atom. The molecule has 4 nitrogen and oxygen atoms in total. The fraction of sp³-hybridized carbons (Fsp3) is 0.417. The van der Waals surface area contributed by atoms with Gasteiger partial charge in [0.25, 0.3) is 0 Å². The number of nitrogens with zero attached hydrogens (tertiary/aromatic N) is 1. The number of hydrogen-bond acceptors (Lipinski definition) is 4. The van der Waals surface area contributed by atoms with Crippen LogP contribution in [-0.4, -0.2) is 22.3 Å². The highest BCUT2D eigenvalue weighted by molar-refractivity contribution is 5.96. The minimum atomic E-state index is -0.545. The van der Waals surface area contributed by atoms with Crippen LogP contribution in [-0.2, 0) is 4.74 Å². The summed E-state index contributed by atoms with van der Waals surface area (Å²) in [4.78, 5) is 26.6. The molecule has 1 aromatic rings. The van der Waals surface area contributed by atoms with Crippen molar-refractivity contribution < 1.29 is 14.3 Å². The molecule has 0 atom stereocenters. The van der Waals surface area contributed by atoms with E-state index in [0.29, 0.717) is 5.56 Å². The van der Waals surface area contributed by atoms with Crippen LogP contribution in [0, 0.1) is 0 Å². The van der Waals surface area contributed by atoms with E-state index in [0.717, 1.165) is 0 Å². The number of ether oxygens (including phenoxy) is 1. The average molecular weight is 221 g/mol. The van der Waals surface area contributed by atoms with Crippen LogP contribution in [0.25, 0.3) is 0 Å². The third-order valence-electron chi connectivity index (χ3n) is 1.76. The Labute approximate surface area is 94.6 Å². The monoisotopic (exact) mass is 221 g/mol. The summed E-state index contributed by atoms with van der Waals surface area (Å²) >= 11 is 0. The second kappa shape index (κ2) is 4.43. The number of aromatic nitrogens is 1. The van der Waals surface area contributed by atoms with E-state index in [1.165, 1.54) is 25.3 Å². The van der Waals surface area contributed by atoms with E-state index >= 15 is 0 Å². The number of pyridine rings is 1. The standard InChI is InChI=1S/C12H15NO3/c1-8(14)10-7-9(5-6-13-10)11(15)16-12(2,3)4/h5-7H,1-4H3. The van der Waals surface area contributed by atoms with Gasteiger partial charge in [0.05, 0.1) is 5.56 Å². The van der Waals surface area contributed by atoms with Gasteiger partial charge < -0.3 is 4.74 Å². The molecular weight excluding hydrogens is 206 g/mol. The summed E-state index contributed by atoms with van der Waals surface area (Å²) in [6.45, 7) is 6.77. The number of carbonyl (C=O) groups excluding carboxylic acids is 2. The van der Waals surface area contributed by atoms with Crippen LogP contribution in [0.2, 0.25) is 0 Å². The Morgan fingerprint density at radius 2 is 1.94 bits per heavy atom. The van der Waals surface area contributed by atoms with E-state index in [4.69, 9.17) is 4.74 Å². The van der Waals surface area contributed by atoms with Gasteiger partial charge in [0.2, 0.25) is 0 Å². The van der Waals surface area contributed by atoms with Gasteiger partial charge in [-0.2, -0.15) is 0 Å². The zero-order valence-electron chi connectivity index (χ0n) is 9.90. The first-order valence-corrected chi connectivity index (χ1v) is 5.00. The number of rotatable bonds is 2. The SMILES string of the molecule is CC(=O)c1cc(C(=O)OC(C)(C)C)ccn1. The molecule has 0 aliphatic rings. The summed E-state index contributed by atoms with van der Waals surface area (Å²) in [6, 6.07) is 2.97. The minimum absolute atomic E-state index is 0.176. The van der Waals surface area contributed by atoms with Gasteiger partial charge >= 0.3 is 5.97 Å². The molecule has 0 saturated heterocycles. The number of Topliss-reactive ketones (excluding diaryl/α,β-unsaturated/α-hetero) is 1. The van der Waals surface area contributed by atoms with E-state index in [1.807, 2.05) is 0 Å². The average Bonchev–Trinajstić information content (AvgIpc) is 2.15. The zero-order chi connectivity index (χ0) is 12.3. The van der Waals surface area contributed by atoms with Crippen molar-refractivity contribution in [2.45, 2.75) is 33.3 Å². The van der Waals surface area contributed by atoms with Crippen LogP contribution in [0.5, 0.6) is 0 Å². The number of ketones is 1. The molecule has 0 aliphatic carbocycles. The van der Waals surface area contributed by atoms with Crippen molar-refractivity contribution in [2.24, 2.45) is 0 Å². The summed E-state index contributed by atoms with van der Waals surface area (Å²) in [6.07, 6.45) is 1.43. The van der Waals surface area contributed by atoms with E-state index in [-0.39, 0.29) is 11.5 Å². The zero-order valence-corrected chi connectivity index (χ0v) is 9.90. The van der Waals surface area contributed by atoms with Gasteiger partial charge in [-0.25, -0.2) is 4.79 Å². The lowest BCUT2D eigenvalue weighted by Crippen LogP contribution is -2.24. The molecule has 4 heteroatoms. The third kappa shape index (κ3) is 3.46. The third-order valence-corrected chi connectivity index (χ3v) is 1.76. The van der Waals surface area contributed by atoms with Gasteiger partial charge in [0, 0.05) is 13.1 Å². The van der Waals surface area contributed by atoms with Gasteiger partial charge in [-0.1, -0.05) is 0 Å². The molecule has 0 fully saturated rings. The molecule has 1 heterocycles. The second-order valence-corrected chi connectivity index (χ2v) is 4.49. The summed E-state index contributed by atoms with van der Waals surface area (Å²) in [5.74, 6) is -0.622. The molecule has 0 amide bonds. The maximum absolute atomic E-state index is 11.7. The van der Waals surface area contributed by atoms with Crippen molar-refractivity contribution in [3.8, 4) is 0 Å². The van der Waals surface area contributed by atoms with E-state index < -0.39 is 11.6 Å². The topological polar surface area (TPSA) is 56.3 Å². The van der Waals surface area contributed by atoms with Crippen LogP contribution in [0.1, 0.15) is 48.5 Å². The molecule has 86 valence electrons. The van der Waals surface area contributed by atoms with Gasteiger partial charge in [0.15, 0.2) is 5.78 Å². The first-order valence-electron chi connectivity index (χ1n) is 5.00. The first-order chi connectivity index (χ1) is 7.29. The maximum Gasteiger partial charge on any atom is 0.338 e. The highest BCUT2D eigenvalue weighted by atomic mass is 16.6. The van der Waals surface area contributed by atoms with Crippen LogP contribution < -0.4 is 0 Å². The lowest BCUT2D eigenvalue weighted by atomic mass is 10.1. The van der Waals surface area contributed by atoms with Crippen LogP contribution in [0.15, 0.2) is 18.3 Å². The predicted octanol–water partition coefficient (Wildman–Crippen LogP) is 2.24. The van der Waals surface area contributed by atoms with Crippen molar-refractivity contribution in [2.75, 3.05) is 0 Å². The lowest BCUT2D eigenvalue weighted by Gasteiger charge is -2.19. The molecule has 0 spiro atoms. The summed E-state index contributed by atoms with van der Waals surface area (Å²) in [7, 11) is 0. The van der Waals surface area contributed by atoms with Crippen LogP contribution >= 0.6 is 0 Å². The smallest absolute Gasteiger partial charge is 0.338 e. The number of esters is 1. The summed E-state index contributed by atoms with van der Waals surface area (Å²) in [5.41, 5.74) is 0.0648. The molecule has 0 N–H and O–H groups in total. The first kappa shape index (κ1) is 12.4. The molecule has 0 bridgehead atoms. The molecule has 0 unspecified atom stereocenters. The van der Waals surface area contributed by atoms with Crippen molar-refractivity contribution in [1.82, 2.24) is 4.98 Å². The highest BCUT2D eigenvalue weighted by Gasteiger charge is 2.18. The molecule has 0 saturated carbocycles. The Morgan fingerprint density at radius 1 is 1.31 bits per heavy atom. The summed E-state index contributed by atoms with van der Waals surface area (Å²) in [5, 5.41) is 0. The van der Waals surface area contributed by atoms with Crippen LogP contribution in [0.4, 0.5) is 0 Å². The fourth-order valence-corrected chi connectivity index (χ4v) is 1.09. The second-order valence-electron chi connectivity index (χ2n) is 4.49. The van der Waals surface area contributed by atoms with Gasteiger partial charge in [-0.3, -0.25) is 9.78 Å². The Balaban J connectivity index is 2.92. The Kier molecular flexibility index (Phi) is 3.42. The molecule has 1 aromatic heterocycles. The maximum atomic E-state index is 11.7. The molecule has 0 aromatic carbocycles. The van der Waals surface area contributed by atoms with E-state index in [9.17, 15) is 9.59 Å². The van der Waals surface area contributed by atoms with Gasteiger partial charge in [-0.05, 0) is 32.9 Å². The van der Waals surface area contributed by atoms with Crippen molar-refractivity contribution >= 4 is 11.8 Å². The van der Waals surface area contributed by atoms with Gasteiger partial charge in [0.1, 0.15) is 11.3 Å². The minimum Gasteiger partial charge on any atom is -0.456 e. The summed E-state index contributed by atoms with van der Waals surface area (Å²) < 4.78 is 5.18. The van der Waals surface area contributed by atoms with Crippen molar-refractivity contribution in [1.29, 1.82) is 0 Å². The predicted molar refractivity (Wildman–Crippen MR) is 59.4 cm³/mol. The number of carbonyl (C=O) groups is 2. The van der Waals surface area contributed by atoms with Gasteiger partial charge in [-0.15, -0.1) is 0 Å². The van der Waals surface area contributed by atoms with E-state index in [2.05, 4.69) is 4.98 Å². The van der Waals surface area contributed by atoms with Crippen molar-refractivity contribution in [3.63, 3.8) is 0 Å². The number of hydrogen-bond donors (Lipinski definition) is 0. The molecule has 0 aliphatic heterocycles. The van der Waals surface area contributed by atoms with Crippen LogP contribution in [0.3, 0.4) is 0 Å². The lowest BCUT2D eigenvalue weighted by molar-refractivity contribution is 0.00694. The molecular formula is C12H15NO3. The highest BCUT2D eigenvalue weighted by Crippen LogP contribution is 2.12. The van der Waals surface area contributed by atoms with E-state index in [1.54, 1.807) is 20.8 Å². The normalized spacial score (nSPS) is 11.0. The Hall–Kier alpha value is -1.71.